The average Bonchev–Trinajstić information content (AvgIpc) is 0.752. The zero-order chi connectivity index (χ0) is 100. The van der Waals surface area contributed by atoms with Gasteiger partial charge in [-0.05, 0) is 286 Å². The molecule has 0 spiro atoms. The highest BCUT2D eigenvalue weighted by atomic mass is 28.3. The van der Waals surface area contributed by atoms with Crippen molar-refractivity contribution in [2.24, 2.45) is 28.2 Å². The summed E-state index contributed by atoms with van der Waals surface area (Å²) in [6, 6.07) is 102. The Bertz CT molecular complexity index is 7420. The van der Waals surface area contributed by atoms with Crippen LogP contribution in [0.2, 0.25) is 101 Å². The maximum atomic E-state index is 15.1. The number of aryl methyl sites for hydroxylation is 3. The molecule has 4 saturated heterocycles. The summed E-state index contributed by atoms with van der Waals surface area (Å²) in [5.41, 5.74) is 33.9. The molecule has 0 saturated carbocycles. The van der Waals surface area contributed by atoms with Gasteiger partial charge in [0.2, 0.25) is 22.8 Å². The summed E-state index contributed by atoms with van der Waals surface area (Å²) in [5.74, 6) is 2.64. The highest BCUT2D eigenvalue weighted by molar-refractivity contribution is 6.78. The first-order valence-electron chi connectivity index (χ1n) is 53.3. The van der Waals surface area contributed by atoms with Crippen molar-refractivity contribution < 1.29 is 29.5 Å². The smallest absolute Gasteiger partial charge is 0.206 e. The fraction of sp³-hybridized carbons (Fsp3) is 0.339. The first-order chi connectivity index (χ1) is 67.1. The van der Waals surface area contributed by atoms with Gasteiger partial charge >= 0.3 is 0 Å². The lowest BCUT2D eigenvalue weighted by molar-refractivity contribution is -0.665. The Morgan fingerprint density at radius 3 is 1.00 bits per heavy atom. The first kappa shape index (κ1) is 90.2. The Balaban J connectivity index is 0.000000130. The van der Waals surface area contributed by atoms with Gasteiger partial charge in [0.15, 0.2) is 23.3 Å². The van der Waals surface area contributed by atoms with Crippen LogP contribution in [0.4, 0.5) is 4.39 Å². The van der Waals surface area contributed by atoms with Gasteiger partial charge in [0.1, 0.15) is 35.4 Å². The summed E-state index contributed by atoms with van der Waals surface area (Å²) >= 11 is 0. The van der Waals surface area contributed by atoms with Crippen LogP contribution in [0, 0.1) is 61.2 Å². The molecule has 0 unspecified atom stereocenters. The summed E-state index contributed by atoms with van der Waals surface area (Å²) in [6.07, 6.45) is 10.6. The minimum atomic E-state index is -1.02. The second kappa shape index (κ2) is 40.3. The fourth-order valence-corrected chi connectivity index (χ4v) is 32.8. The minimum absolute atomic E-state index is 0.204. The van der Waals surface area contributed by atoms with Gasteiger partial charge in [-0.1, -0.05) is 309 Å². The maximum Gasteiger partial charge on any atom is 0.220 e. The van der Waals surface area contributed by atoms with Crippen molar-refractivity contribution in [2.75, 3.05) is 0 Å². The van der Waals surface area contributed by atoms with Crippen molar-refractivity contribution in [1.29, 1.82) is 0 Å². The van der Waals surface area contributed by atoms with Crippen LogP contribution in [0.15, 0.2) is 279 Å². The fourth-order valence-electron chi connectivity index (χ4n) is 22.8. The van der Waals surface area contributed by atoms with Crippen LogP contribution in [-0.4, -0.2) is 32.3 Å². The van der Waals surface area contributed by atoms with Crippen LogP contribution in [0.25, 0.3) is 133 Å². The van der Waals surface area contributed by atoms with Crippen molar-refractivity contribution in [3.05, 3.63) is 358 Å². The Kier molecular flexibility index (Phi) is 26.7. The third-order valence-electron chi connectivity index (χ3n) is 32.3. The summed E-state index contributed by atoms with van der Waals surface area (Å²) < 4.78 is 68.2. The van der Waals surface area contributed by atoms with Gasteiger partial charge in [0, 0.05) is 88.4 Å². The monoisotopic (exact) mass is 1870 g/mol. The number of halogens is 1. The van der Waals surface area contributed by atoms with Crippen LogP contribution < -0.4 is 18.3 Å². The van der Waals surface area contributed by atoms with Crippen molar-refractivity contribution in [3.63, 3.8) is 0 Å². The Labute approximate surface area is 825 Å². The zero-order valence-electron chi connectivity index (χ0n) is 90.5. The highest BCUT2D eigenvalue weighted by Gasteiger charge is 2.36. The van der Waals surface area contributed by atoms with E-state index in [-0.39, 0.29) is 12.0 Å². The van der Waals surface area contributed by atoms with Crippen molar-refractivity contribution in [2.45, 2.75) is 251 Å². The number of hydrogen-bond acceptors (Lipinski definition) is 0. The van der Waals surface area contributed by atoms with E-state index in [1.807, 2.05) is 68.9 Å². The molecule has 0 amide bonds. The number of pyridine rings is 4. The van der Waals surface area contributed by atoms with E-state index < -0.39 is 32.3 Å². The molecule has 9 heteroatoms. The van der Waals surface area contributed by atoms with Gasteiger partial charge in [0.25, 0.3) is 0 Å². The number of hydrogen-bond donors (Lipinski definition) is 0. The standard InChI is InChI=1S/C33H40NSi.C32H38NSi.C31H35FNSi.C31H36NSi/c1-23(2)31-21-29(25-10-8-7-9-11-25)22-32(24(31)3)33-30-13-12-27(20-28(30)14-17-34(33)4)26-15-18-35(5,6)19-16-26;1-22-18-28(25-10-8-7-9-11-25)21-31(24(22)3)32-30-13-12-27(20-29(30)19-23(2)33(32)4)26-14-16-34(5,6)17-15-26;1-21-17-30(32)29(24-9-7-6-8-10-24)20-28(21)31-27-12-11-25(19-26(27)18-22(2)33(31)3)23-13-15-34(4,5)16-14-23;1-22-19-26(24-9-7-6-8-10-24)11-13-29(22)31-30-14-12-27(21-28(30)20-23(2)32(31)3)25-15-17-33(4,5)18-16-25/h7-14,17,20-23,26H,15-16,18-19H2,1-6H3;7-13,18-21,26H,14-17H2,1-6H3;6-12,17-20,23H,13-16H2,1-5H3;6-14,19-21,25H,15-18H2,1-5H3/q4*+1/i14D,17D;19D;18D;20D. The molecule has 4 aromatic heterocycles. The van der Waals surface area contributed by atoms with Gasteiger partial charge in [-0.25, -0.2) is 8.96 Å². The topological polar surface area (TPSA) is 15.5 Å². The summed E-state index contributed by atoms with van der Waals surface area (Å²) in [5, 5.41) is 8.60. The van der Waals surface area contributed by atoms with Crippen LogP contribution in [0.1, 0.15) is 174 Å². The predicted molar refractivity (Wildman–Crippen MR) is 592 cm³/mol. The molecule has 12 aromatic carbocycles. The molecule has 8 heterocycles. The molecule has 20 rings (SSSR count). The number of rotatable bonds is 13. The van der Waals surface area contributed by atoms with Gasteiger partial charge in [-0.3, -0.25) is 0 Å². The van der Waals surface area contributed by atoms with Crippen molar-refractivity contribution in [3.8, 4) is 89.5 Å². The van der Waals surface area contributed by atoms with E-state index in [2.05, 4.69) is 342 Å². The largest absolute Gasteiger partial charge is 0.220 e. The lowest BCUT2D eigenvalue weighted by Crippen LogP contribution is -2.35. The molecule has 4 fully saturated rings. The molecule has 4 aliphatic rings. The molecule has 4 aliphatic heterocycles. The Morgan fingerprint density at radius 2 is 0.618 bits per heavy atom. The third-order valence-corrected chi connectivity index (χ3v) is 45.4. The molecule has 0 atom stereocenters. The lowest BCUT2D eigenvalue weighted by atomic mass is 9.86. The zero-order valence-corrected chi connectivity index (χ0v) is 89.5. The third kappa shape index (κ3) is 21.1. The molecular formula is C127H149FN4Si4+4. The van der Waals surface area contributed by atoms with Gasteiger partial charge in [-0.15, -0.1) is 0 Å². The predicted octanol–water partition coefficient (Wildman–Crippen LogP) is 34.1. The molecule has 696 valence electrons. The quantitative estimate of drug-likeness (QED) is 0.0808. The molecule has 0 radical (unpaired) electrons. The average molecular weight is 1870 g/mol. The number of aromatic nitrogens is 4. The van der Waals surface area contributed by atoms with E-state index in [0.717, 1.165) is 83.0 Å². The summed E-state index contributed by atoms with van der Waals surface area (Å²) in [6.45, 7) is 41.7. The van der Waals surface area contributed by atoms with Crippen LogP contribution in [-0.2, 0) is 28.2 Å². The van der Waals surface area contributed by atoms with Gasteiger partial charge < -0.3 is 0 Å². The van der Waals surface area contributed by atoms with Crippen molar-refractivity contribution >= 4 is 75.4 Å². The van der Waals surface area contributed by atoms with Crippen molar-refractivity contribution in [1.82, 2.24) is 0 Å². The van der Waals surface area contributed by atoms with E-state index in [1.54, 1.807) is 6.07 Å². The second-order valence-electron chi connectivity index (χ2n) is 44.5. The van der Waals surface area contributed by atoms with E-state index in [0.29, 0.717) is 59.3 Å². The first-order valence-corrected chi connectivity index (χ1v) is 64.4. The number of nitrogens with zero attached hydrogens (tertiary/aromatic N) is 4. The molecule has 0 aliphatic carbocycles. The molecular weight excluding hydrogens is 1710 g/mol. The van der Waals surface area contributed by atoms with E-state index in [9.17, 15) is 0 Å². The summed E-state index contributed by atoms with van der Waals surface area (Å²) in [7, 11) is 4.19. The van der Waals surface area contributed by atoms with E-state index in [4.69, 9.17) is 6.85 Å². The molecule has 0 N–H and O–H groups in total. The van der Waals surface area contributed by atoms with E-state index in [1.165, 1.54) is 216 Å². The second-order valence-corrected chi connectivity index (χ2v) is 65.8. The van der Waals surface area contributed by atoms with Crippen LogP contribution >= 0.6 is 0 Å². The summed E-state index contributed by atoms with van der Waals surface area (Å²) in [4.78, 5) is 0. The van der Waals surface area contributed by atoms with Crippen LogP contribution in [0.3, 0.4) is 0 Å². The Hall–Kier alpha value is -10.9. The Morgan fingerprint density at radius 1 is 0.294 bits per heavy atom. The molecule has 136 heavy (non-hydrogen) atoms. The van der Waals surface area contributed by atoms with E-state index >= 15 is 4.39 Å². The molecule has 16 aromatic rings. The SMILES string of the molecule is [2H]c1c(C)[n+](C)c(-c2cc(-c3ccccc3)c(F)cc2C)c2ccc(C3CC[Si](C)(C)CC3)cc12.[2H]c1c(C)[n+](C)c(-c2cc(-c3ccccc3)cc(C)c2C)c2ccc(C3CC[Si](C)(C)CC3)cc12.[2H]c1c(C)[n+](C)c(-c2ccc(-c3ccccc3)cc2C)c2ccc(C3CC[Si](C)(C)CC3)cc12.[2H]c1c([2H])[n+](C)c(-c2cc(-c3ccccc3)cc(C(C)C)c2C)c2ccc(C3CC[Si](C)(C)CC3)cc12. The van der Waals surface area contributed by atoms with Gasteiger partial charge in [-0.2, -0.15) is 13.7 Å². The minimum Gasteiger partial charge on any atom is -0.206 e. The van der Waals surface area contributed by atoms with Gasteiger partial charge in [0.05, 0.1) is 43.7 Å². The normalized spacial score (nSPS) is 16.7. The maximum absolute atomic E-state index is 15.1. The molecule has 4 nitrogen and oxygen atoms in total. The highest BCUT2D eigenvalue weighted by Crippen LogP contribution is 2.48. The number of benzene rings is 12. The number of fused-ring (bicyclic) bond motifs is 4. The lowest BCUT2D eigenvalue weighted by Gasteiger charge is -2.33. The molecule has 0 bridgehead atoms. The van der Waals surface area contributed by atoms with Crippen LogP contribution in [0.5, 0.6) is 0 Å².